The van der Waals surface area contributed by atoms with E-state index < -0.39 is 17.7 Å². The lowest BCUT2D eigenvalue weighted by atomic mass is 10.2. The first-order valence-corrected chi connectivity index (χ1v) is 5.99. The summed E-state index contributed by atoms with van der Waals surface area (Å²) < 4.78 is 13.4. The van der Waals surface area contributed by atoms with E-state index in [-0.39, 0.29) is 11.4 Å². The van der Waals surface area contributed by atoms with Crippen molar-refractivity contribution in [1.29, 1.82) is 0 Å². The smallest absolute Gasteiger partial charge is 0.328 e. The van der Waals surface area contributed by atoms with Gasteiger partial charge in [0, 0.05) is 12.3 Å². The van der Waals surface area contributed by atoms with Gasteiger partial charge in [-0.3, -0.25) is 9.78 Å². The van der Waals surface area contributed by atoms with Crippen molar-refractivity contribution in [2.24, 2.45) is 0 Å². The second-order valence-corrected chi connectivity index (χ2v) is 4.08. The number of nitrogens with one attached hydrogen (secondary N) is 1. The molecular weight excluding hydrogens is 275 g/mol. The summed E-state index contributed by atoms with van der Waals surface area (Å²) in [6.45, 7) is 0. The van der Waals surface area contributed by atoms with E-state index >= 15 is 0 Å². The maximum atomic E-state index is 13.4. The van der Waals surface area contributed by atoms with Crippen LogP contribution in [-0.4, -0.2) is 22.0 Å². The van der Waals surface area contributed by atoms with Gasteiger partial charge in [0.05, 0.1) is 5.69 Å². The Kier molecular flexibility index (Phi) is 4.40. The number of carbonyl (C=O) groups excluding carboxylic acids is 1. The van der Waals surface area contributed by atoms with Crippen LogP contribution in [0.1, 0.15) is 16.1 Å². The summed E-state index contributed by atoms with van der Waals surface area (Å²) in [5.41, 5.74) is 0.713. The van der Waals surface area contributed by atoms with Gasteiger partial charge < -0.3 is 10.4 Å². The van der Waals surface area contributed by atoms with Crippen LogP contribution in [-0.2, 0) is 4.79 Å². The molecule has 0 radical (unpaired) electrons. The fourth-order valence-electron chi connectivity index (χ4n) is 1.55. The SMILES string of the molecule is O=C(O)C=Cc1ccc(C(=O)Nc2ccccc2F)nc1. The maximum Gasteiger partial charge on any atom is 0.328 e. The van der Waals surface area contributed by atoms with Gasteiger partial charge in [0.1, 0.15) is 11.5 Å². The van der Waals surface area contributed by atoms with Crippen LogP contribution in [0, 0.1) is 5.82 Å². The molecule has 0 unspecified atom stereocenters. The van der Waals surface area contributed by atoms with E-state index in [9.17, 15) is 14.0 Å². The molecule has 2 aromatic rings. The molecule has 2 N–H and O–H groups in total. The van der Waals surface area contributed by atoms with Gasteiger partial charge >= 0.3 is 5.97 Å². The second-order valence-electron chi connectivity index (χ2n) is 4.08. The van der Waals surface area contributed by atoms with Crippen LogP contribution in [0.3, 0.4) is 0 Å². The molecule has 2 rings (SSSR count). The Balaban J connectivity index is 2.10. The second kappa shape index (κ2) is 6.42. The molecule has 0 saturated carbocycles. The maximum absolute atomic E-state index is 13.4. The highest BCUT2D eigenvalue weighted by Gasteiger charge is 2.09. The summed E-state index contributed by atoms with van der Waals surface area (Å²) >= 11 is 0. The minimum absolute atomic E-state index is 0.0687. The van der Waals surface area contributed by atoms with Crippen molar-refractivity contribution in [3.05, 3.63) is 65.7 Å². The first kappa shape index (κ1) is 14.4. The van der Waals surface area contributed by atoms with E-state index in [0.29, 0.717) is 5.56 Å². The number of para-hydroxylation sites is 1. The van der Waals surface area contributed by atoms with Crippen molar-refractivity contribution in [3.63, 3.8) is 0 Å². The molecular formula is C15H11FN2O3. The van der Waals surface area contributed by atoms with Crippen molar-refractivity contribution < 1.29 is 19.1 Å². The van der Waals surface area contributed by atoms with Crippen LogP contribution in [0.2, 0.25) is 0 Å². The molecule has 0 atom stereocenters. The highest BCUT2D eigenvalue weighted by Crippen LogP contribution is 2.13. The van der Waals surface area contributed by atoms with Crippen LogP contribution < -0.4 is 5.32 Å². The fraction of sp³-hybridized carbons (Fsp3) is 0. The van der Waals surface area contributed by atoms with E-state index in [4.69, 9.17) is 5.11 Å². The summed E-state index contributed by atoms with van der Waals surface area (Å²) in [5, 5.41) is 10.9. The Morgan fingerprint density at radius 3 is 2.57 bits per heavy atom. The summed E-state index contributed by atoms with van der Waals surface area (Å²) in [7, 11) is 0. The van der Waals surface area contributed by atoms with Gasteiger partial charge in [-0.1, -0.05) is 18.2 Å². The molecule has 6 heteroatoms. The number of hydrogen-bond acceptors (Lipinski definition) is 3. The van der Waals surface area contributed by atoms with Gasteiger partial charge in [-0.05, 0) is 29.8 Å². The number of hydrogen-bond donors (Lipinski definition) is 2. The van der Waals surface area contributed by atoms with Crippen LogP contribution in [0.15, 0.2) is 48.7 Å². The van der Waals surface area contributed by atoms with Crippen LogP contribution in [0.4, 0.5) is 10.1 Å². The number of halogens is 1. The van der Waals surface area contributed by atoms with Gasteiger partial charge in [0.25, 0.3) is 5.91 Å². The Morgan fingerprint density at radius 2 is 1.95 bits per heavy atom. The van der Waals surface area contributed by atoms with Gasteiger partial charge in [0.15, 0.2) is 0 Å². The van der Waals surface area contributed by atoms with E-state index in [1.54, 1.807) is 12.1 Å². The Hall–Kier alpha value is -3.02. The van der Waals surface area contributed by atoms with Crippen LogP contribution >= 0.6 is 0 Å². The molecule has 0 fully saturated rings. The van der Waals surface area contributed by atoms with Crippen molar-refractivity contribution in [1.82, 2.24) is 4.98 Å². The minimum Gasteiger partial charge on any atom is -0.478 e. The molecule has 0 aliphatic heterocycles. The first-order chi connectivity index (χ1) is 10.1. The number of carbonyl (C=O) groups is 2. The molecule has 1 heterocycles. The lowest BCUT2D eigenvalue weighted by Gasteiger charge is -2.05. The number of carboxylic acid groups (broad SMARTS) is 1. The van der Waals surface area contributed by atoms with Gasteiger partial charge in [0.2, 0.25) is 0 Å². The van der Waals surface area contributed by atoms with Gasteiger partial charge in [-0.15, -0.1) is 0 Å². The first-order valence-electron chi connectivity index (χ1n) is 5.99. The zero-order valence-electron chi connectivity index (χ0n) is 10.8. The van der Waals surface area contributed by atoms with Gasteiger partial charge in [-0.25, -0.2) is 9.18 Å². The highest BCUT2D eigenvalue weighted by atomic mass is 19.1. The predicted octanol–water partition coefficient (Wildman–Crippen LogP) is 2.57. The van der Waals surface area contributed by atoms with Gasteiger partial charge in [-0.2, -0.15) is 0 Å². The number of carboxylic acids is 1. The average molecular weight is 286 g/mol. The monoisotopic (exact) mass is 286 g/mol. The van der Waals surface area contributed by atoms with E-state index in [1.165, 1.54) is 36.5 Å². The predicted molar refractivity (Wildman–Crippen MR) is 75.3 cm³/mol. The third-order valence-corrected chi connectivity index (χ3v) is 2.56. The summed E-state index contributed by atoms with van der Waals surface area (Å²) in [6.07, 6.45) is 3.68. The van der Waals surface area contributed by atoms with Crippen molar-refractivity contribution in [2.45, 2.75) is 0 Å². The molecule has 0 aliphatic rings. The van der Waals surface area contributed by atoms with Crippen molar-refractivity contribution in [3.8, 4) is 0 Å². The largest absolute Gasteiger partial charge is 0.478 e. The Morgan fingerprint density at radius 1 is 1.19 bits per heavy atom. The molecule has 0 saturated heterocycles. The molecule has 1 amide bonds. The zero-order chi connectivity index (χ0) is 15.2. The summed E-state index contributed by atoms with van der Waals surface area (Å²) in [6, 6.07) is 8.78. The lowest BCUT2D eigenvalue weighted by Crippen LogP contribution is -2.14. The molecule has 1 aromatic heterocycles. The highest BCUT2D eigenvalue weighted by molar-refractivity contribution is 6.03. The molecule has 0 bridgehead atoms. The topological polar surface area (TPSA) is 79.3 Å². The molecule has 5 nitrogen and oxygen atoms in total. The number of pyridine rings is 1. The lowest BCUT2D eigenvalue weighted by molar-refractivity contribution is -0.131. The van der Waals surface area contributed by atoms with Crippen LogP contribution in [0.5, 0.6) is 0 Å². The third-order valence-electron chi connectivity index (χ3n) is 2.56. The minimum atomic E-state index is -1.07. The van der Waals surface area contributed by atoms with E-state index in [0.717, 1.165) is 6.08 Å². The average Bonchev–Trinajstić information content (AvgIpc) is 2.48. The molecule has 106 valence electrons. The molecule has 0 spiro atoms. The molecule has 0 aliphatic carbocycles. The summed E-state index contributed by atoms with van der Waals surface area (Å²) in [4.78, 5) is 26.2. The Labute approximate surface area is 119 Å². The number of nitrogens with zero attached hydrogens (tertiary/aromatic N) is 1. The fourth-order valence-corrected chi connectivity index (χ4v) is 1.55. The summed E-state index contributed by atoms with van der Waals surface area (Å²) in [5.74, 6) is -2.16. The number of rotatable bonds is 4. The number of amides is 1. The number of anilines is 1. The quantitative estimate of drug-likeness (QED) is 0.847. The normalized spacial score (nSPS) is 10.5. The molecule has 21 heavy (non-hydrogen) atoms. The molecule has 1 aromatic carbocycles. The standard InChI is InChI=1S/C15H11FN2O3/c16-11-3-1-2-4-12(11)18-15(21)13-7-5-10(9-17-13)6-8-14(19)20/h1-9H,(H,18,21)(H,19,20). The van der Waals surface area contributed by atoms with Crippen LogP contribution in [0.25, 0.3) is 6.08 Å². The number of benzene rings is 1. The zero-order valence-corrected chi connectivity index (χ0v) is 10.8. The van der Waals surface area contributed by atoms with Crippen molar-refractivity contribution in [2.75, 3.05) is 5.32 Å². The third kappa shape index (κ3) is 3.97. The van der Waals surface area contributed by atoms with E-state index in [1.807, 2.05) is 0 Å². The number of aromatic nitrogens is 1. The van der Waals surface area contributed by atoms with E-state index in [2.05, 4.69) is 10.3 Å². The Bertz CT molecular complexity index is 696. The van der Waals surface area contributed by atoms with Crippen molar-refractivity contribution >= 4 is 23.6 Å². The number of aliphatic carboxylic acids is 1.